The topological polar surface area (TPSA) is 113 Å². The third-order valence-electron chi connectivity index (χ3n) is 1.60. The number of hydrogen-bond donors (Lipinski definition) is 2. The number of nitriles is 2. The molecule has 0 heterocycles. The van der Waals surface area contributed by atoms with E-state index in [9.17, 15) is 0 Å². The lowest BCUT2D eigenvalue weighted by Crippen LogP contribution is -2.16. The van der Waals surface area contributed by atoms with Gasteiger partial charge in [-0.25, -0.2) is 0 Å². The first kappa shape index (κ1) is 12.5. The van der Waals surface area contributed by atoms with Gasteiger partial charge in [0.1, 0.15) is 0 Å². The van der Waals surface area contributed by atoms with Gasteiger partial charge in [0.25, 0.3) is 0 Å². The summed E-state index contributed by atoms with van der Waals surface area (Å²) in [4.78, 5) is 0. The Kier molecular flexibility index (Phi) is 5.38. The summed E-state index contributed by atoms with van der Waals surface area (Å²) in [6.45, 7) is 2.95. The van der Waals surface area contributed by atoms with Gasteiger partial charge in [0.15, 0.2) is 12.5 Å². The van der Waals surface area contributed by atoms with Crippen LogP contribution in [-0.4, -0.2) is 22.7 Å². The highest BCUT2D eigenvalue weighted by molar-refractivity contribution is 4.84. The van der Waals surface area contributed by atoms with Crippen molar-refractivity contribution in [2.45, 2.75) is 26.3 Å². The summed E-state index contributed by atoms with van der Waals surface area (Å²) < 4.78 is 0. The van der Waals surface area contributed by atoms with E-state index >= 15 is 0 Å². The van der Waals surface area contributed by atoms with Crippen molar-refractivity contribution in [1.29, 1.82) is 10.5 Å². The maximum Gasteiger partial charge on any atom is 0.181 e. The zero-order chi connectivity index (χ0) is 11.1. The highest BCUT2D eigenvalue weighted by atomic mass is 16.3. The van der Waals surface area contributed by atoms with Gasteiger partial charge < -0.3 is 10.2 Å². The van der Waals surface area contributed by atoms with Gasteiger partial charge in [-0.2, -0.15) is 20.8 Å². The van der Waals surface area contributed by atoms with E-state index < -0.39 is 24.3 Å². The minimum Gasteiger partial charge on any atom is -0.369 e. The molecule has 76 valence electrons. The van der Waals surface area contributed by atoms with Gasteiger partial charge in [0.2, 0.25) is 0 Å². The molecule has 0 rings (SSSR count). The van der Waals surface area contributed by atoms with Crippen molar-refractivity contribution in [2.24, 2.45) is 22.1 Å². The number of nitrogens with zero attached hydrogens (tertiary/aromatic N) is 4. The van der Waals surface area contributed by atoms with E-state index in [-0.39, 0.29) is 0 Å². The maximum atomic E-state index is 9.14. The van der Waals surface area contributed by atoms with E-state index in [0.29, 0.717) is 0 Å². The van der Waals surface area contributed by atoms with Gasteiger partial charge in [-0.3, -0.25) is 0 Å². The van der Waals surface area contributed by atoms with Crippen molar-refractivity contribution in [3.8, 4) is 12.1 Å². The van der Waals surface area contributed by atoms with Crippen LogP contribution in [0.1, 0.15) is 13.8 Å². The fourth-order valence-electron chi connectivity index (χ4n) is 0.470. The maximum absolute atomic E-state index is 9.14. The predicted octanol–water partition coefficient (Wildman–Crippen LogP) is 0.395. The van der Waals surface area contributed by atoms with Crippen molar-refractivity contribution in [1.82, 2.24) is 0 Å². The van der Waals surface area contributed by atoms with Gasteiger partial charge in [-0.05, 0) is 13.8 Å². The molecule has 0 spiro atoms. The molecule has 6 nitrogen and oxygen atoms in total. The Morgan fingerprint density at radius 1 is 0.929 bits per heavy atom. The van der Waals surface area contributed by atoms with Crippen LogP contribution < -0.4 is 0 Å². The Bertz CT molecular complexity index is 250. The molecule has 0 aromatic carbocycles. The van der Waals surface area contributed by atoms with Crippen molar-refractivity contribution in [3.63, 3.8) is 0 Å². The van der Waals surface area contributed by atoms with E-state index in [1.165, 1.54) is 13.8 Å². The molecule has 0 aromatic heterocycles. The Balaban J connectivity index is 4.19. The second kappa shape index (κ2) is 6.03. The number of azo groups is 1. The summed E-state index contributed by atoms with van der Waals surface area (Å²) in [5, 5.41) is 41.7. The molecule has 0 radical (unpaired) electrons. The summed E-state index contributed by atoms with van der Waals surface area (Å²) in [6.07, 6.45) is -2.53. The van der Waals surface area contributed by atoms with Gasteiger partial charge in [-0.1, -0.05) is 0 Å². The standard InChI is InChI=1S/C8H12N4O2/c1-5(3-9)7(13)11-12-8(14)6(2)4-10/h5-8,13-14H,1-2H3. The zero-order valence-corrected chi connectivity index (χ0v) is 7.99. The molecule has 4 unspecified atom stereocenters. The summed E-state index contributed by atoms with van der Waals surface area (Å²) >= 11 is 0. The molecular weight excluding hydrogens is 184 g/mol. The normalized spacial score (nSPS) is 19.3. The number of rotatable bonds is 4. The van der Waals surface area contributed by atoms with Crippen LogP contribution in [0.4, 0.5) is 0 Å². The third kappa shape index (κ3) is 3.94. The van der Waals surface area contributed by atoms with E-state index in [2.05, 4.69) is 10.2 Å². The molecule has 0 aromatic rings. The van der Waals surface area contributed by atoms with Crippen LogP contribution in [-0.2, 0) is 0 Å². The van der Waals surface area contributed by atoms with Crippen molar-refractivity contribution in [3.05, 3.63) is 0 Å². The molecule has 0 aliphatic rings. The first-order valence-corrected chi connectivity index (χ1v) is 4.08. The number of aliphatic hydroxyl groups is 2. The average Bonchev–Trinajstić information content (AvgIpc) is 2.22. The number of hydrogen-bond acceptors (Lipinski definition) is 6. The Hall–Kier alpha value is -1.50. The molecule has 0 saturated heterocycles. The summed E-state index contributed by atoms with van der Waals surface area (Å²) in [7, 11) is 0. The fourth-order valence-corrected chi connectivity index (χ4v) is 0.470. The average molecular weight is 196 g/mol. The summed E-state index contributed by atoms with van der Waals surface area (Å²) in [5.74, 6) is -1.38. The monoisotopic (exact) mass is 196 g/mol. The second-order valence-corrected chi connectivity index (χ2v) is 2.89. The van der Waals surface area contributed by atoms with Crippen LogP contribution in [0, 0.1) is 34.5 Å². The zero-order valence-electron chi connectivity index (χ0n) is 7.99. The van der Waals surface area contributed by atoms with E-state index in [1.54, 1.807) is 12.1 Å². The van der Waals surface area contributed by atoms with Crippen LogP contribution in [0.5, 0.6) is 0 Å². The lowest BCUT2D eigenvalue weighted by molar-refractivity contribution is 0.106. The van der Waals surface area contributed by atoms with Crippen molar-refractivity contribution >= 4 is 0 Å². The van der Waals surface area contributed by atoms with Crippen LogP contribution in [0.15, 0.2) is 10.2 Å². The lowest BCUT2D eigenvalue weighted by Gasteiger charge is -2.08. The molecular formula is C8H12N4O2. The summed E-state index contributed by atoms with van der Waals surface area (Å²) in [6, 6.07) is 3.56. The molecule has 2 N–H and O–H groups in total. The molecule has 14 heavy (non-hydrogen) atoms. The van der Waals surface area contributed by atoms with Gasteiger partial charge in [0.05, 0.1) is 24.0 Å². The first-order valence-electron chi connectivity index (χ1n) is 4.08. The molecule has 0 saturated carbocycles. The summed E-state index contributed by atoms with van der Waals surface area (Å²) in [5.41, 5.74) is 0. The Labute approximate surface area is 82.1 Å². The lowest BCUT2D eigenvalue weighted by atomic mass is 10.2. The molecule has 0 aliphatic heterocycles. The predicted molar refractivity (Wildman–Crippen MR) is 46.4 cm³/mol. The molecule has 0 aliphatic carbocycles. The molecule has 4 atom stereocenters. The van der Waals surface area contributed by atoms with Crippen LogP contribution >= 0.6 is 0 Å². The minimum atomic E-state index is -1.26. The van der Waals surface area contributed by atoms with Crippen molar-refractivity contribution in [2.75, 3.05) is 0 Å². The van der Waals surface area contributed by atoms with Crippen LogP contribution in [0.2, 0.25) is 0 Å². The van der Waals surface area contributed by atoms with Gasteiger partial charge >= 0.3 is 0 Å². The Morgan fingerprint density at radius 2 is 1.21 bits per heavy atom. The molecule has 6 heteroatoms. The largest absolute Gasteiger partial charge is 0.369 e. The SMILES string of the molecule is CC(C#N)C(O)N=NC(O)C(C)C#N. The van der Waals surface area contributed by atoms with E-state index in [4.69, 9.17) is 20.7 Å². The second-order valence-electron chi connectivity index (χ2n) is 2.89. The minimum absolute atomic E-state index is 0.691. The van der Waals surface area contributed by atoms with Gasteiger partial charge in [0, 0.05) is 0 Å². The quantitative estimate of drug-likeness (QED) is 0.633. The molecule has 0 fully saturated rings. The van der Waals surface area contributed by atoms with E-state index in [0.717, 1.165) is 0 Å². The van der Waals surface area contributed by atoms with Gasteiger partial charge in [-0.15, -0.1) is 0 Å². The molecule has 0 amide bonds. The Morgan fingerprint density at radius 3 is 1.43 bits per heavy atom. The molecule has 0 bridgehead atoms. The highest BCUT2D eigenvalue weighted by Gasteiger charge is 2.15. The smallest absolute Gasteiger partial charge is 0.181 e. The van der Waals surface area contributed by atoms with Crippen LogP contribution in [0.3, 0.4) is 0 Å². The highest BCUT2D eigenvalue weighted by Crippen LogP contribution is 2.07. The van der Waals surface area contributed by atoms with E-state index in [1.807, 2.05) is 0 Å². The van der Waals surface area contributed by atoms with Crippen LogP contribution in [0.25, 0.3) is 0 Å². The third-order valence-corrected chi connectivity index (χ3v) is 1.60. The fraction of sp³-hybridized carbons (Fsp3) is 0.750. The van der Waals surface area contributed by atoms with Crippen molar-refractivity contribution < 1.29 is 10.2 Å². The first-order chi connectivity index (χ1) is 6.52. The number of aliphatic hydroxyl groups excluding tert-OH is 2.